The molecule has 0 aliphatic carbocycles. The maximum absolute atomic E-state index is 11.6. The molecular weight excluding hydrogens is 226 g/mol. The quantitative estimate of drug-likeness (QED) is 0.781. The van der Waals surface area contributed by atoms with E-state index in [0.717, 1.165) is 24.3 Å². The Hall–Kier alpha value is -0.420. The normalized spacial score (nSPS) is 20.2. The van der Waals surface area contributed by atoms with Crippen molar-refractivity contribution in [3.05, 3.63) is 0 Å². The molecule has 5 heteroatoms. The van der Waals surface area contributed by atoms with Gasteiger partial charge in [-0.2, -0.15) is 11.8 Å². The largest absolute Gasteiger partial charge is 0.444 e. The summed E-state index contributed by atoms with van der Waals surface area (Å²) in [6.07, 6.45) is 1.16. The lowest BCUT2D eigenvalue weighted by Gasteiger charge is -2.36. The summed E-state index contributed by atoms with van der Waals surface area (Å²) < 4.78 is 5.20. The minimum absolute atomic E-state index is 0.0210. The zero-order valence-corrected chi connectivity index (χ0v) is 11.0. The molecule has 16 heavy (non-hydrogen) atoms. The minimum Gasteiger partial charge on any atom is -0.444 e. The Bertz CT molecular complexity index is 244. The fourth-order valence-corrected chi connectivity index (χ4v) is 2.88. The summed E-state index contributed by atoms with van der Waals surface area (Å²) >= 11 is 1.85. The van der Waals surface area contributed by atoms with E-state index in [9.17, 15) is 9.90 Å². The minimum atomic E-state index is -0.496. The van der Waals surface area contributed by atoms with E-state index >= 15 is 0 Å². The Morgan fingerprint density at radius 1 is 1.44 bits per heavy atom. The zero-order chi connectivity index (χ0) is 12.2. The van der Waals surface area contributed by atoms with Gasteiger partial charge in [-0.15, -0.1) is 0 Å². The molecule has 1 fully saturated rings. The average Bonchev–Trinajstić information content (AvgIpc) is 2.16. The van der Waals surface area contributed by atoms with Crippen LogP contribution in [0.25, 0.3) is 0 Å². The molecule has 4 nitrogen and oxygen atoms in total. The molecule has 0 aromatic heterocycles. The number of carbonyl (C=O) groups is 1. The first-order valence-corrected chi connectivity index (χ1v) is 6.72. The molecule has 0 unspecified atom stereocenters. The summed E-state index contributed by atoms with van der Waals surface area (Å²) in [6, 6.07) is 0. The number of rotatable bonds is 2. The zero-order valence-electron chi connectivity index (χ0n) is 10.2. The predicted molar refractivity (Wildman–Crippen MR) is 65.7 cm³/mol. The van der Waals surface area contributed by atoms with Gasteiger partial charge < -0.3 is 15.2 Å². The standard InChI is InChI=1S/C11H21NO3S/c1-10(2,3)15-9(14)12-11(8-13)4-6-16-7-5-11/h13H,4-8H2,1-3H3,(H,12,14). The Morgan fingerprint density at radius 2 is 2.00 bits per heavy atom. The van der Waals surface area contributed by atoms with E-state index in [2.05, 4.69) is 5.32 Å². The molecule has 1 rings (SSSR count). The van der Waals surface area contributed by atoms with Crippen molar-refractivity contribution in [1.29, 1.82) is 0 Å². The van der Waals surface area contributed by atoms with Crippen LogP contribution in [0.1, 0.15) is 33.6 Å². The number of aliphatic hydroxyl groups is 1. The molecule has 0 atom stereocenters. The molecule has 1 aliphatic rings. The van der Waals surface area contributed by atoms with Crippen LogP contribution in [-0.4, -0.2) is 40.5 Å². The molecule has 0 spiro atoms. The maximum Gasteiger partial charge on any atom is 0.408 e. The van der Waals surface area contributed by atoms with Crippen LogP contribution in [0.2, 0.25) is 0 Å². The van der Waals surface area contributed by atoms with E-state index in [0.29, 0.717) is 0 Å². The van der Waals surface area contributed by atoms with E-state index in [4.69, 9.17) is 4.74 Å². The topological polar surface area (TPSA) is 58.6 Å². The van der Waals surface area contributed by atoms with E-state index in [1.54, 1.807) is 0 Å². The number of ether oxygens (including phenoxy) is 1. The van der Waals surface area contributed by atoms with Gasteiger partial charge in [-0.05, 0) is 45.1 Å². The van der Waals surface area contributed by atoms with Crippen LogP contribution in [-0.2, 0) is 4.74 Å². The van der Waals surface area contributed by atoms with E-state index in [1.807, 2.05) is 32.5 Å². The lowest BCUT2D eigenvalue weighted by molar-refractivity contribution is 0.0386. The van der Waals surface area contributed by atoms with Crippen LogP contribution < -0.4 is 5.32 Å². The molecule has 94 valence electrons. The van der Waals surface area contributed by atoms with Crippen LogP contribution >= 0.6 is 11.8 Å². The van der Waals surface area contributed by atoms with Gasteiger partial charge in [0.2, 0.25) is 0 Å². The number of amides is 1. The molecule has 0 radical (unpaired) electrons. The fraction of sp³-hybridized carbons (Fsp3) is 0.909. The molecule has 0 aromatic rings. The molecule has 1 amide bonds. The van der Waals surface area contributed by atoms with Crippen LogP contribution in [0, 0.1) is 0 Å². The van der Waals surface area contributed by atoms with Gasteiger partial charge in [-0.25, -0.2) is 4.79 Å². The second kappa shape index (κ2) is 5.27. The van der Waals surface area contributed by atoms with Crippen LogP contribution in [0.15, 0.2) is 0 Å². The first-order chi connectivity index (χ1) is 7.37. The summed E-state index contributed by atoms with van der Waals surface area (Å²) in [5, 5.41) is 12.2. The molecule has 0 bridgehead atoms. The third-order valence-electron chi connectivity index (χ3n) is 2.52. The molecule has 1 heterocycles. The summed E-state index contributed by atoms with van der Waals surface area (Å²) in [5.41, 5.74) is -0.974. The van der Waals surface area contributed by atoms with E-state index in [-0.39, 0.29) is 6.61 Å². The van der Waals surface area contributed by atoms with Crippen LogP contribution in [0.4, 0.5) is 4.79 Å². The third-order valence-corrected chi connectivity index (χ3v) is 3.50. The SMILES string of the molecule is CC(C)(C)OC(=O)NC1(CO)CCSCC1. The molecule has 2 N–H and O–H groups in total. The smallest absolute Gasteiger partial charge is 0.408 e. The molecule has 1 saturated heterocycles. The Morgan fingerprint density at radius 3 is 2.44 bits per heavy atom. The predicted octanol–water partition coefficient (Wildman–Crippen LogP) is 1.77. The third kappa shape index (κ3) is 4.22. The van der Waals surface area contributed by atoms with Gasteiger partial charge in [0.05, 0.1) is 12.1 Å². The monoisotopic (exact) mass is 247 g/mol. The first kappa shape index (κ1) is 13.6. The van der Waals surface area contributed by atoms with Gasteiger partial charge in [0, 0.05) is 0 Å². The van der Waals surface area contributed by atoms with Gasteiger partial charge in [0.1, 0.15) is 5.60 Å². The summed E-state index contributed by atoms with van der Waals surface area (Å²) in [4.78, 5) is 11.6. The summed E-state index contributed by atoms with van der Waals surface area (Å²) in [6.45, 7) is 5.46. The van der Waals surface area contributed by atoms with Gasteiger partial charge in [-0.1, -0.05) is 0 Å². The highest BCUT2D eigenvalue weighted by atomic mass is 32.2. The lowest BCUT2D eigenvalue weighted by atomic mass is 9.93. The molecular formula is C11H21NO3S. The lowest BCUT2D eigenvalue weighted by Crippen LogP contribution is -2.54. The number of aliphatic hydroxyl groups excluding tert-OH is 1. The fourth-order valence-electron chi connectivity index (χ4n) is 1.60. The van der Waals surface area contributed by atoms with Crippen LogP contribution in [0.5, 0.6) is 0 Å². The number of alkyl carbamates (subject to hydrolysis) is 1. The Labute approximate surface area is 101 Å². The Kier molecular flexibility index (Phi) is 4.50. The van der Waals surface area contributed by atoms with Crippen molar-refractivity contribution in [2.45, 2.75) is 44.8 Å². The second-order valence-electron chi connectivity index (χ2n) is 5.18. The highest BCUT2D eigenvalue weighted by Gasteiger charge is 2.34. The van der Waals surface area contributed by atoms with E-state index < -0.39 is 17.2 Å². The number of nitrogens with one attached hydrogen (secondary N) is 1. The first-order valence-electron chi connectivity index (χ1n) is 5.57. The van der Waals surface area contributed by atoms with Crippen molar-refractivity contribution in [2.75, 3.05) is 18.1 Å². The van der Waals surface area contributed by atoms with Crippen molar-refractivity contribution in [3.8, 4) is 0 Å². The van der Waals surface area contributed by atoms with Gasteiger partial charge in [-0.3, -0.25) is 0 Å². The van der Waals surface area contributed by atoms with Gasteiger partial charge >= 0.3 is 6.09 Å². The van der Waals surface area contributed by atoms with E-state index in [1.165, 1.54) is 0 Å². The number of hydrogen-bond donors (Lipinski definition) is 2. The second-order valence-corrected chi connectivity index (χ2v) is 6.40. The Balaban J connectivity index is 2.52. The van der Waals surface area contributed by atoms with Crippen LogP contribution in [0.3, 0.4) is 0 Å². The summed E-state index contributed by atoms with van der Waals surface area (Å²) in [5.74, 6) is 1.94. The number of carbonyl (C=O) groups excluding carboxylic acids is 1. The van der Waals surface area contributed by atoms with Gasteiger partial charge in [0.15, 0.2) is 0 Å². The van der Waals surface area contributed by atoms with Gasteiger partial charge in [0.25, 0.3) is 0 Å². The van der Waals surface area contributed by atoms with Crippen molar-refractivity contribution in [2.24, 2.45) is 0 Å². The number of thioether (sulfide) groups is 1. The van der Waals surface area contributed by atoms with Crippen molar-refractivity contribution in [3.63, 3.8) is 0 Å². The molecule has 1 aliphatic heterocycles. The molecule has 0 aromatic carbocycles. The van der Waals surface area contributed by atoms with Crippen molar-refractivity contribution < 1.29 is 14.6 Å². The van der Waals surface area contributed by atoms with Crippen molar-refractivity contribution in [1.82, 2.24) is 5.32 Å². The summed E-state index contributed by atoms with van der Waals surface area (Å²) in [7, 11) is 0. The highest BCUT2D eigenvalue weighted by molar-refractivity contribution is 7.99. The van der Waals surface area contributed by atoms with Crippen molar-refractivity contribution >= 4 is 17.9 Å². The number of hydrogen-bond acceptors (Lipinski definition) is 4. The average molecular weight is 247 g/mol. The highest BCUT2D eigenvalue weighted by Crippen LogP contribution is 2.27. The maximum atomic E-state index is 11.6. The molecule has 0 saturated carbocycles.